The topological polar surface area (TPSA) is 21.3 Å². The van der Waals surface area contributed by atoms with Gasteiger partial charge in [0.2, 0.25) is 0 Å². The molecule has 1 N–H and O–H groups in total. The maximum absolute atomic E-state index is 5.75. The highest BCUT2D eigenvalue weighted by Gasteiger charge is 2.04. The molecule has 0 saturated carbocycles. The van der Waals surface area contributed by atoms with Crippen LogP contribution in [-0.4, -0.2) is 13.2 Å². The number of nitrogens with one attached hydrogen (secondary N) is 1. The normalized spacial score (nSPS) is 10.7. The van der Waals surface area contributed by atoms with Gasteiger partial charge in [-0.2, -0.15) is 0 Å². The summed E-state index contributed by atoms with van der Waals surface area (Å²) in [5, 5.41) is 3.55. The highest BCUT2D eigenvalue weighted by atomic mass is 16.5. The summed E-state index contributed by atoms with van der Waals surface area (Å²) >= 11 is 0. The van der Waals surface area contributed by atoms with Crippen LogP contribution in [0, 0.1) is 6.92 Å². The van der Waals surface area contributed by atoms with Crippen LogP contribution in [0.15, 0.2) is 48.5 Å². The predicted octanol–water partition coefficient (Wildman–Crippen LogP) is 5.39. The summed E-state index contributed by atoms with van der Waals surface area (Å²) < 4.78 is 5.75. The van der Waals surface area contributed by atoms with Crippen molar-refractivity contribution < 1.29 is 4.74 Å². The number of ether oxygens (including phenoxy) is 1. The molecule has 0 radical (unpaired) electrons. The van der Waals surface area contributed by atoms with E-state index in [9.17, 15) is 0 Å². The molecule has 0 bridgehead atoms. The van der Waals surface area contributed by atoms with Gasteiger partial charge in [-0.3, -0.25) is 0 Å². The lowest BCUT2D eigenvalue weighted by molar-refractivity contribution is 0.308. The lowest BCUT2D eigenvalue weighted by atomic mass is 10.0. The lowest BCUT2D eigenvalue weighted by Gasteiger charge is -2.14. The lowest BCUT2D eigenvalue weighted by Crippen LogP contribution is -2.07. The SMILES string of the molecule is Cc1ccc(OCCCCNc2ccccc2C(C)C)cc1. The Balaban J connectivity index is 1.66. The van der Waals surface area contributed by atoms with Crippen LogP contribution in [0.5, 0.6) is 5.75 Å². The van der Waals surface area contributed by atoms with E-state index in [-0.39, 0.29) is 0 Å². The summed E-state index contributed by atoms with van der Waals surface area (Å²) in [6.45, 7) is 8.31. The van der Waals surface area contributed by atoms with Crippen LogP contribution in [-0.2, 0) is 0 Å². The Morgan fingerprint density at radius 3 is 2.41 bits per heavy atom. The van der Waals surface area contributed by atoms with E-state index in [4.69, 9.17) is 4.74 Å². The van der Waals surface area contributed by atoms with Crippen molar-refractivity contribution >= 4 is 5.69 Å². The maximum Gasteiger partial charge on any atom is 0.119 e. The third-order valence-electron chi connectivity index (χ3n) is 3.76. The molecule has 0 aromatic heterocycles. The Morgan fingerprint density at radius 2 is 1.68 bits per heavy atom. The number of benzene rings is 2. The van der Waals surface area contributed by atoms with Crippen molar-refractivity contribution in [2.24, 2.45) is 0 Å². The number of aryl methyl sites for hydroxylation is 1. The number of anilines is 1. The molecule has 0 heterocycles. The molecule has 22 heavy (non-hydrogen) atoms. The molecule has 2 nitrogen and oxygen atoms in total. The molecule has 2 aromatic carbocycles. The largest absolute Gasteiger partial charge is 0.494 e. The minimum atomic E-state index is 0.550. The zero-order valence-electron chi connectivity index (χ0n) is 13.9. The zero-order chi connectivity index (χ0) is 15.8. The first-order chi connectivity index (χ1) is 10.7. The van der Waals surface area contributed by atoms with Crippen LogP contribution in [0.2, 0.25) is 0 Å². The second-order valence-electron chi connectivity index (χ2n) is 6.04. The summed E-state index contributed by atoms with van der Waals surface area (Å²) in [7, 11) is 0. The first kappa shape index (κ1) is 16.4. The van der Waals surface area contributed by atoms with Gasteiger partial charge in [0, 0.05) is 12.2 Å². The van der Waals surface area contributed by atoms with Crippen LogP contribution < -0.4 is 10.1 Å². The van der Waals surface area contributed by atoms with E-state index in [0.717, 1.165) is 31.7 Å². The van der Waals surface area contributed by atoms with Crippen molar-refractivity contribution in [2.45, 2.75) is 39.5 Å². The molecule has 0 spiro atoms. The van der Waals surface area contributed by atoms with Crippen molar-refractivity contribution in [1.29, 1.82) is 0 Å². The maximum atomic E-state index is 5.75. The van der Waals surface area contributed by atoms with Crippen LogP contribution in [0.4, 0.5) is 5.69 Å². The third-order valence-corrected chi connectivity index (χ3v) is 3.76. The molecule has 0 unspecified atom stereocenters. The van der Waals surface area contributed by atoms with E-state index < -0.39 is 0 Å². The Hall–Kier alpha value is -1.96. The molecule has 0 saturated heterocycles. The van der Waals surface area contributed by atoms with E-state index in [1.165, 1.54) is 16.8 Å². The number of unbranched alkanes of at least 4 members (excludes halogenated alkanes) is 1. The Morgan fingerprint density at radius 1 is 0.955 bits per heavy atom. The molecule has 2 heteroatoms. The average molecular weight is 297 g/mol. The predicted molar refractivity (Wildman–Crippen MR) is 94.9 cm³/mol. The number of hydrogen-bond acceptors (Lipinski definition) is 2. The zero-order valence-corrected chi connectivity index (χ0v) is 13.9. The highest BCUT2D eigenvalue weighted by Crippen LogP contribution is 2.23. The monoisotopic (exact) mass is 297 g/mol. The highest BCUT2D eigenvalue weighted by molar-refractivity contribution is 5.52. The first-order valence-corrected chi connectivity index (χ1v) is 8.19. The fourth-order valence-corrected chi connectivity index (χ4v) is 2.44. The average Bonchev–Trinajstić information content (AvgIpc) is 2.52. The molecule has 0 amide bonds. The summed E-state index contributed by atoms with van der Waals surface area (Å²) in [5.74, 6) is 1.51. The second kappa shape index (κ2) is 8.47. The van der Waals surface area contributed by atoms with Gasteiger partial charge < -0.3 is 10.1 Å². The Labute approximate surface area is 134 Å². The standard InChI is InChI=1S/C20H27NO/c1-16(2)19-8-4-5-9-20(19)21-14-6-7-15-22-18-12-10-17(3)11-13-18/h4-5,8-13,16,21H,6-7,14-15H2,1-3H3. The van der Waals surface area contributed by atoms with Crippen molar-refractivity contribution in [3.63, 3.8) is 0 Å². The van der Waals surface area contributed by atoms with E-state index in [0.29, 0.717) is 5.92 Å². The van der Waals surface area contributed by atoms with Gasteiger partial charge in [0.15, 0.2) is 0 Å². The molecule has 0 atom stereocenters. The smallest absolute Gasteiger partial charge is 0.119 e. The van der Waals surface area contributed by atoms with Gasteiger partial charge >= 0.3 is 0 Å². The molecule has 0 aliphatic carbocycles. The van der Waals surface area contributed by atoms with Gasteiger partial charge in [-0.15, -0.1) is 0 Å². The quantitative estimate of drug-likeness (QED) is 0.660. The first-order valence-electron chi connectivity index (χ1n) is 8.19. The Kier molecular flexibility index (Phi) is 6.32. The van der Waals surface area contributed by atoms with E-state index in [2.05, 4.69) is 62.5 Å². The fraction of sp³-hybridized carbons (Fsp3) is 0.400. The third kappa shape index (κ3) is 5.10. The van der Waals surface area contributed by atoms with Crippen molar-refractivity contribution in [3.05, 3.63) is 59.7 Å². The summed E-state index contributed by atoms with van der Waals surface area (Å²) in [6.07, 6.45) is 2.17. The van der Waals surface area contributed by atoms with E-state index >= 15 is 0 Å². The summed E-state index contributed by atoms with van der Waals surface area (Å²) in [6, 6.07) is 16.8. The molecular formula is C20H27NO. The van der Waals surface area contributed by atoms with Gasteiger partial charge in [-0.1, -0.05) is 49.7 Å². The minimum Gasteiger partial charge on any atom is -0.494 e. The fourth-order valence-electron chi connectivity index (χ4n) is 2.44. The summed E-state index contributed by atoms with van der Waals surface area (Å²) in [4.78, 5) is 0. The Bertz CT molecular complexity index is 560. The van der Waals surface area contributed by atoms with Gasteiger partial charge in [-0.25, -0.2) is 0 Å². The van der Waals surface area contributed by atoms with Crippen molar-refractivity contribution in [2.75, 3.05) is 18.5 Å². The van der Waals surface area contributed by atoms with E-state index in [1.807, 2.05) is 12.1 Å². The number of hydrogen-bond donors (Lipinski definition) is 1. The van der Waals surface area contributed by atoms with Gasteiger partial charge in [-0.05, 0) is 49.4 Å². The van der Waals surface area contributed by atoms with E-state index in [1.54, 1.807) is 0 Å². The van der Waals surface area contributed by atoms with Crippen LogP contribution in [0.25, 0.3) is 0 Å². The number of para-hydroxylation sites is 1. The van der Waals surface area contributed by atoms with Crippen molar-refractivity contribution in [3.8, 4) is 5.75 Å². The molecule has 0 aliphatic rings. The molecule has 2 rings (SSSR count). The second-order valence-corrected chi connectivity index (χ2v) is 6.04. The molecular weight excluding hydrogens is 270 g/mol. The molecule has 0 aliphatic heterocycles. The van der Waals surface area contributed by atoms with Gasteiger partial charge in [0.05, 0.1) is 6.61 Å². The van der Waals surface area contributed by atoms with Gasteiger partial charge in [0.25, 0.3) is 0 Å². The molecule has 118 valence electrons. The molecule has 2 aromatic rings. The van der Waals surface area contributed by atoms with Crippen LogP contribution >= 0.6 is 0 Å². The van der Waals surface area contributed by atoms with Crippen LogP contribution in [0.3, 0.4) is 0 Å². The minimum absolute atomic E-state index is 0.550. The van der Waals surface area contributed by atoms with Crippen LogP contribution in [0.1, 0.15) is 43.7 Å². The summed E-state index contributed by atoms with van der Waals surface area (Å²) in [5.41, 5.74) is 3.91. The number of rotatable bonds is 8. The van der Waals surface area contributed by atoms with Gasteiger partial charge in [0.1, 0.15) is 5.75 Å². The van der Waals surface area contributed by atoms with Crippen molar-refractivity contribution in [1.82, 2.24) is 0 Å². The molecule has 0 fully saturated rings.